The number of allylic oxidation sites excluding steroid dienone is 1. The highest BCUT2D eigenvalue weighted by Crippen LogP contribution is 2.47. The van der Waals surface area contributed by atoms with Gasteiger partial charge in [0.05, 0.1) is 56.8 Å². The lowest BCUT2D eigenvalue weighted by atomic mass is 9.72. The molecule has 0 aromatic rings. The second-order valence-electron chi connectivity index (χ2n) is 13.8. The fourth-order valence-corrected chi connectivity index (χ4v) is 6.82. The van der Waals surface area contributed by atoms with E-state index in [1.54, 1.807) is 19.9 Å². The monoisotopic (exact) mass is 668 g/mol. The highest BCUT2D eigenvalue weighted by Gasteiger charge is 2.58. The summed E-state index contributed by atoms with van der Waals surface area (Å²) < 4.78 is 40.8. The standard InChI is InChI=1S/C34H52O13/c1-20(35)28-19-27-14-22(15-29(38)41-5)32(43-21(2)36)34(40,47-27)33(3,4)12-7-10-31-42-13-11-26(45-31)18-25-9-6-8-24(44-25)16-23(37)17-30(39)46-28/h7,10,15,20,23-28,31-32,35,37,40H,6,8-9,11-14,16-19H2,1-5H3/t20-,23-,24+,25-,26+,27+,28-,31+,32+,34-/m1/s1. The second kappa shape index (κ2) is 16.3. The topological polar surface area (TPSA) is 177 Å². The molecule has 0 aromatic heterocycles. The summed E-state index contributed by atoms with van der Waals surface area (Å²) in [5.41, 5.74) is -0.906. The zero-order valence-electron chi connectivity index (χ0n) is 28.1. The van der Waals surface area contributed by atoms with E-state index in [0.717, 1.165) is 25.3 Å². The third-order valence-corrected chi connectivity index (χ3v) is 9.45. The van der Waals surface area contributed by atoms with Crippen molar-refractivity contribution >= 4 is 17.9 Å². The molecule has 4 aliphatic heterocycles. The van der Waals surface area contributed by atoms with Crippen molar-refractivity contribution in [2.45, 2.75) is 153 Å². The van der Waals surface area contributed by atoms with E-state index in [4.69, 9.17) is 33.2 Å². The minimum atomic E-state index is -2.18. The summed E-state index contributed by atoms with van der Waals surface area (Å²) >= 11 is 0. The average Bonchev–Trinajstić information content (AvgIpc) is 2.98. The van der Waals surface area contributed by atoms with E-state index in [0.29, 0.717) is 19.4 Å². The summed E-state index contributed by atoms with van der Waals surface area (Å²) in [7, 11) is 1.20. The molecule has 3 N–H and O–H groups in total. The molecule has 0 aliphatic carbocycles. The molecule has 266 valence electrons. The predicted octanol–water partition coefficient (Wildman–Crippen LogP) is 2.76. The van der Waals surface area contributed by atoms with Crippen molar-refractivity contribution in [3.05, 3.63) is 23.8 Å². The average molecular weight is 669 g/mol. The summed E-state index contributed by atoms with van der Waals surface area (Å²) in [4.78, 5) is 37.7. The highest BCUT2D eigenvalue weighted by molar-refractivity contribution is 5.83. The molecule has 47 heavy (non-hydrogen) atoms. The number of aliphatic hydroxyl groups is 3. The molecule has 6 bridgehead atoms. The van der Waals surface area contributed by atoms with Crippen LogP contribution in [0.1, 0.15) is 91.9 Å². The van der Waals surface area contributed by atoms with Gasteiger partial charge < -0.3 is 48.5 Å². The number of fused-ring (bicyclic) bond motifs is 6. The number of esters is 3. The minimum Gasteiger partial charge on any atom is -0.466 e. The first kappa shape index (κ1) is 37.4. The Morgan fingerprint density at radius 1 is 1.04 bits per heavy atom. The van der Waals surface area contributed by atoms with E-state index in [2.05, 4.69) is 0 Å². The number of carbonyl (C=O) groups is 3. The van der Waals surface area contributed by atoms with Crippen molar-refractivity contribution in [2.75, 3.05) is 13.7 Å². The van der Waals surface area contributed by atoms with Gasteiger partial charge >= 0.3 is 17.9 Å². The summed E-state index contributed by atoms with van der Waals surface area (Å²) in [6, 6.07) is 0. The quantitative estimate of drug-likeness (QED) is 0.173. The second-order valence-corrected chi connectivity index (χ2v) is 13.8. The molecule has 0 amide bonds. The van der Waals surface area contributed by atoms with Crippen molar-refractivity contribution < 1.29 is 62.9 Å². The van der Waals surface area contributed by atoms with Crippen LogP contribution in [0.15, 0.2) is 23.8 Å². The summed E-state index contributed by atoms with van der Waals surface area (Å²) in [6.07, 6.45) is 2.30. The van der Waals surface area contributed by atoms with Crippen LogP contribution in [-0.4, -0.2) is 108 Å². The third-order valence-electron chi connectivity index (χ3n) is 9.45. The van der Waals surface area contributed by atoms with Crippen LogP contribution in [0.2, 0.25) is 0 Å². The van der Waals surface area contributed by atoms with Crippen LogP contribution in [0.5, 0.6) is 0 Å². The number of aliphatic hydroxyl groups excluding tert-OH is 2. The van der Waals surface area contributed by atoms with E-state index >= 15 is 0 Å². The molecule has 13 nitrogen and oxygen atoms in total. The van der Waals surface area contributed by atoms with Crippen LogP contribution in [0.3, 0.4) is 0 Å². The Balaban J connectivity index is 1.69. The Hall–Kier alpha value is -2.39. The third kappa shape index (κ3) is 10.1. The Kier molecular flexibility index (Phi) is 13.0. The van der Waals surface area contributed by atoms with Crippen LogP contribution in [0, 0.1) is 5.41 Å². The van der Waals surface area contributed by atoms with Crippen LogP contribution in [-0.2, 0) is 47.5 Å². The lowest BCUT2D eigenvalue weighted by Crippen LogP contribution is -2.62. The van der Waals surface area contributed by atoms with Gasteiger partial charge in [-0.2, -0.15) is 0 Å². The fourth-order valence-electron chi connectivity index (χ4n) is 6.82. The molecule has 3 fully saturated rings. The predicted molar refractivity (Wildman–Crippen MR) is 165 cm³/mol. The Morgan fingerprint density at radius 3 is 2.43 bits per heavy atom. The van der Waals surface area contributed by atoms with Crippen molar-refractivity contribution in [3.63, 3.8) is 0 Å². The van der Waals surface area contributed by atoms with E-state index in [9.17, 15) is 29.7 Å². The van der Waals surface area contributed by atoms with E-state index in [-0.39, 0.29) is 56.0 Å². The van der Waals surface area contributed by atoms with Gasteiger partial charge in [-0.3, -0.25) is 9.59 Å². The Labute approximate surface area is 276 Å². The van der Waals surface area contributed by atoms with Gasteiger partial charge in [-0.25, -0.2) is 4.79 Å². The maximum Gasteiger partial charge on any atom is 0.330 e. The number of rotatable bonds is 3. The molecule has 0 spiro atoms. The van der Waals surface area contributed by atoms with E-state index in [1.807, 2.05) is 6.08 Å². The molecule has 0 saturated carbocycles. The van der Waals surface area contributed by atoms with E-state index in [1.165, 1.54) is 21.0 Å². The summed E-state index contributed by atoms with van der Waals surface area (Å²) in [5, 5.41) is 33.7. The molecule has 4 rings (SSSR count). The zero-order valence-corrected chi connectivity index (χ0v) is 28.1. The van der Waals surface area contributed by atoms with Crippen molar-refractivity contribution in [1.82, 2.24) is 0 Å². The highest BCUT2D eigenvalue weighted by atomic mass is 16.7. The van der Waals surface area contributed by atoms with Crippen molar-refractivity contribution in [3.8, 4) is 0 Å². The van der Waals surface area contributed by atoms with Gasteiger partial charge in [0.2, 0.25) is 5.79 Å². The normalized spacial score (nSPS) is 38.7. The number of methoxy groups -OCH3 is 1. The fraction of sp³-hybridized carbons (Fsp3) is 0.794. The molecule has 13 heteroatoms. The van der Waals surface area contributed by atoms with Crippen molar-refractivity contribution in [1.29, 1.82) is 0 Å². The summed E-state index contributed by atoms with van der Waals surface area (Å²) in [5.74, 6) is -4.31. The van der Waals surface area contributed by atoms with Gasteiger partial charge in [0, 0.05) is 31.3 Å². The van der Waals surface area contributed by atoms with Crippen LogP contribution in [0.25, 0.3) is 0 Å². The molecular weight excluding hydrogens is 616 g/mol. The molecule has 3 saturated heterocycles. The number of carbonyl (C=O) groups excluding carboxylic acids is 3. The number of hydrogen-bond donors (Lipinski definition) is 3. The maximum absolute atomic E-state index is 13.0. The first-order valence-electron chi connectivity index (χ1n) is 16.7. The maximum atomic E-state index is 13.0. The lowest BCUT2D eigenvalue weighted by molar-refractivity contribution is -0.336. The van der Waals surface area contributed by atoms with Gasteiger partial charge in [-0.1, -0.05) is 19.9 Å². The van der Waals surface area contributed by atoms with E-state index < -0.39 is 65.9 Å². The lowest BCUT2D eigenvalue weighted by Gasteiger charge is -2.51. The van der Waals surface area contributed by atoms with Gasteiger partial charge in [0.25, 0.3) is 0 Å². The first-order chi connectivity index (χ1) is 22.2. The Bertz CT molecular complexity index is 1150. The van der Waals surface area contributed by atoms with Crippen molar-refractivity contribution in [2.24, 2.45) is 5.41 Å². The molecule has 0 radical (unpaired) electrons. The molecule has 0 unspecified atom stereocenters. The molecular formula is C34H52O13. The molecule has 0 aromatic carbocycles. The molecule has 4 aliphatic rings. The minimum absolute atomic E-state index is 0.00397. The number of cyclic esters (lactones) is 1. The summed E-state index contributed by atoms with van der Waals surface area (Å²) in [6.45, 7) is 6.61. The van der Waals surface area contributed by atoms with Gasteiger partial charge in [0.1, 0.15) is 6.10 Å². The smallest absolute Gasteiger partial charge is 0.330 e. The van der Waals surface area contributed by atoms with Gasteiger partial charge in [-0.15, -0.1) is 0 Å². The Morgan fingerprint density at radius 2 is 1.74 bits per heavy atom. The van der Waals surface area contributed by atoms with Gasteiger partial charge in [0.15, 0.2) is 12.4 Å². The largest absolute Gasteiger partial charge is 0.466 e. The molecule has 4 heterocycles. The zero-order chi connectivity index (χ0) is 34.4. The van der Waals surface area contributed by atoms with Crippen LogP contribution < -0.4 is 0 Å². The first-order valence-corrected chi connectivity index (χ1v) is 16.7. The SMILES string of the molecule is COC(=O)C=C1C[C@H]2C[C@H]([C@@H](C)O)OC(=O)C[C@H](O)C[C@@H]3CCC[C@H](C[C@@H]4CCO[C@H](C=CCC(C)(C)[C@](O)(O2)[C@H]1OC(C)=O)O4)O3. The molecule has 10 atom stereocenters. The van der Waals surface area contributed by atoms with Crippen LogP contribution in [0.4, 0.5) is 0 Å². The van der Waals surface area contributed by atoms with Gasteiger partial charge in [-0.05, 0) is 63.5 Å². The number of hydrogen-bond acceptors (Lipinski definition) is 13. The van der Waals surface area contributed by atoms with Crippen LogP contribution >= 0.6 is 0 Å². The number of ether oxygens (including phenoxy) is 7.